The van der Waals surface area contributed by atoms with E-state index in [1.54, 1.807) is 0 Å². The van der Waals surface area contributed by atoms with Crippen LogP contribution in [0, 0.1) is 0 Å². The molecule has 3 nitrogen and oxygen atoms in total. The zero-order chi connectivity index (χ0) is 6.85. The smallest absolute Gasteiger partial charge is 0.152 e. The summed E-state index contributed by atoms with van der Waals surface area (Å²) in [6, 6.07) is 1.39. The number of nitrogens with zero attached hydrogens (tertiary/aromatic N) is 1. The summed E-state index contributed by atoms with van der Waals surface area (Å²) < 4.78 is 0. The van der Waals surface area contributed by atoms with Crippen LogP contribution in [0.5, 0.6) is 5.75 Å². The molecule has 1 aromatic heterocycles. The Hall–Kier alpha value is -0.960. The Kier molecular flexibility index (Phi) is 1.44. The van der Waals surface area contributed by atoms with E-state index in [-0.39, 0.29) is 10.8 Å². The summed E-state index contributed by atoms with van der Waals surface area (Å²) in [5.74, 6) is 0.253. The third-order valence-corrected chi connectivity index (χ3v) is 1.16. The molecule has 1 aromatic rings. The highest BCUT2D eigenvalue weighted by atomic mass is 35.5. The minimum absolute atomic E-state index is 0.0501. The van der Waals surface area contributed by atoms with Gasteiger partial charge in [-0.1, -0.05) is 11.6 Å². The van der Waals surface area contributed by atoms with E-state index in [9.17, 15) is 0 Å². The molecule has 3 N–H and O–H groups in total. The lowest BCUT2D eigenvalue weighted by molar-refractivity contribution is 0.473. The fourth-order valence-corrected chi connectivity index (χ4v) is 0.599. The van der Waals surface area contributed by atoms with Crippen molar-refractivity contribution in [2.75, 3.05) is 5.73 Å². The van der Waals surface area contributed by atoms with Gasteiger partial charge in [0.05, 0.1) is 11.2 Å². The first-order chi connectivity index (χ1) is 4.20. The molecule has 0 aliphatic rings. The Morgan fingerprint density at radius 3 is 2.78 bits per heavy atom. The number of rotatable bonds is 0. The van der Waals surface area contributed by atoms with Crippen LogP contribution in [0.15, 0.2) is 12.3 Å². The van der Waals surface area contributed by atoms with Crippen LogP contribution < -0.4 is 5.73 Å². The molecule has 0 atom stereocenters. The van der Waals surface area contributed by atoms with Crippen LogP contribution in [0.1, 0.15) is 0 Å². The molecule has 1 rings (SSSR count). The molecule has 0 aliphatic heterocycles. The lowest BCUT2D eigenvalue weighted by Gasteiger charge is -1.94. The summed E-state index contributed by atoms with van der Waals surface area (Å²) in [5.41, 5.74) is 5.22. The van der Waals surface area contributed by atoms with Crippen molar-refractivity contribution >= 4 is 17.4 Å². The maximum atomic E-state index is 8.79. The summed E-state index contributed by atoms with van der Waals surface area (Å²) >= 11 is 5.44. The molecule has 0 spiro atoms. The number of anilines is 1. The van der Waals surface area contributed by atoms with E-state index in [4.69, 9.17) is 22.4 Å². The topological polar surface area (TPSA) is 59.1 Å². The van der Waals surface area contributed by atoms with Gasteiger partial charge in [-0.15, -0.1) is 0 Å². The van der Waals surface area contributed by atoms with Gasteiger partial charge in [-0.2, -0.15) is 0 Å². The van der Waals surface area contributed by atoms with E-state index in [2.05, 4.69) is 4.98 Å². The molecule has 0 amide bonds. The van der Waals surface area contributed by atoms with Gasteiger partial charge in [0.2, 0.25) is 0 Å². The average molecular weight is 145 g/mol. The molecule has 0 aromatic carbocycles. The van der Waals surface area contributed by atoms with Crippen molar-refractivity contribution in [1.82, 2.24) is 4.98 Å². The van der Waals surface area contributed by atoms with Crippen LogP contribution in [0.3, 0.4) is 0 Å². The van der Waals surface area contributed by atoms with Crippen molar-refractivity contribution in [3.63, 3.8) is 0 Å². The Morgan fingerprint density at radius 1 is 1.67 bits per heavy atom. The van der Waals surface area contributed by atoms with E-state index in [1.807, 2.05) is 0 Å². The molecule has 4 heteroatoms. The summed E-state index contributed by atoms with van der Waals surface area (Å²) in [4.78, 5) is 3.58. The van der Waals surface area contributed by atoms with Gasteiger partial charge in [-0.05, 0) is 0 Å². The zero-order valence-electron chi connectivity index (χ0n) is 4.50. The SMILES string of the molecule is Nc1cc(Cl)c(O)cn1. The number of aromatic nitrogens is 1. The number of hydrogen-bond donors (Lipinski definition) is 2. The largest absolute Gasteiger partial charge is 0.505 e. The Balaban J connectivity index is 3.17. The van der Waals surface area contributed by atoms with Crippen LogP contribution >= 0.6 is 11.6 Å². The third kappa shape index (κ3) is 1.23. The third-order valence-electron chi connectivity index (χ3n) is 0.855. The highest BCUT2D eigenvalue weighted by Gasteiger charge is 1.96. The summed E-state index contributed by atoms with van der Waals surface area (Å²) in [5, 5.41) is 9.02. The Labute approximate surface area is 57.1 Å². The second kappa shape index (κ2) is 2.11. The molecule has 48 valence electrons. The highest BCUT2D eigenvalue weighted by Crippen LogP contribution is 2.21. The van der Waals surface area contributed by atoms with Gasteiger partial charge >= 0.3 is 0 Å². The van der Waals surface area contributed by atoms with Crippen LogP contribution in [0.4, 0.5) is 5.82 Å². The fraction of sp³-hybridized carbons (Fsp3) is 0. The molecular formula is C5H5ClN2O. The van der Waals surface area contributed by atoms with Gasteiger partial charge in [-0.3, -0.25) is 0 Å². The van der Waals surface area contributed by atoms with Crippen molar-refractivity contribution in [2.45, 2.75) is 0 Å². The maximum Gasteiger partial charge on any atom is 0.152 e. The van der Waals surface area contributed by atoms with Crippen molar-refractivity contribution in [3.8, 4) is 5.75 Å². The van der Waals surface area contributed by atoms with Gasteiger partial charge in [0.15, 0.2) is 5.75 Å². The van der Waals surface area contributed by atoms with Gasteiger partial charge in [0.25, 0.3) is 0 Å². The normalized spacial score (nSPS) is 9.44. The van der Waals surface area contributed by atoms with Gasteiger partial charge < -0.3 is 10.8 Å². The molecule has 0 radical (unpaired) electrons. The number of nitrogen functional groups attached to an aromatic ring is 1. The van der Waals surface area contributed by atoms with Crippen molar-refractivity contribution < 1.29 is 5.11 Å². The molecule has 0 unspecified atom stereocenters. The minimum Gasteiger partial charge on any atom is -0.505 e. The first kappa shape index (κ1) is 6.16. The van der Waals surface area contributed by atoms with Crippen molar-refractivity contribution in [2.24, 2.45) is 0 Å². The summed E-state index contributed by atoms with van der Waals surface area (Å²) in [7, 11) is 0. The monoisotopic (exact) mass is 144 g/mol. The molecule has 0 saturated heterocycles. The summed E-state index contributed by atoms with van der Waals surface area (Å²) in [6.45, 7) is 0. The number of hydrogen-bond acceptors (Lipinski definition) is 3. The highest BCUT2D eigenvalue weighted by molar-refractivity contribution is 6.32. The van der Waals surface area contributed by atoms with E-state index in [1.165, 1.54) is 12.3 Å². The van der Waals surface area contributed by atoms with Gasteiger partial charge in [0, 0.05) is 6.07 Å². The Morgan fingerprint density at radius 2 is 2.33 bits per heavy atom. The van der Waals surface area contributed by atoms with Crippen molar-refractivity contribution in [3.05, 3.63) is 17.3 Å². The van der Waals surface area contributed by atoms with Crippen LogP contribution in [0.25, 0.3) is 0 Å². The predicted molar refractivity (Wildman–Crippen MR) is 35.3 cm³/mol. The lowest BCUT2D eigenvalue weighted by Crippen LogP contribution is -1.87. The fourth-order valence-electron chi connectivity index (χ4n) is 0.438. The van der Waals surface area contributed by atoms with E-state index >= 15 is 0 Å². The second-order valence-corrected chi connectivity index (χ2v) is 1.97. The first-order valence-electron chi connectivity index (χ1n) is 2.30. The number of halogens is 1. The maximum absolute atomic E-state index is 8.79. The van der Waals surface area contributed by atoms with Crippen LogP contribution in [-0.4, -0.2) is 10.1 Å². The number of nitrogens with two attached hydrogens (primary N) is 1. The minimum atomic E-state index is -0.0501. The van der Waals surface area contributed by atoms with E-state index in [0.29, 0.717) is 5.82 Å². The average Bonchev–Trinajstić information content (AvgIpc) is 1.80. The van der Waals surface area contributed by atoms with E-state index in [0.717, 1.165) is 0 Å². The predicted octanol–water partition coefficient (Wildman–Crippen LogP) is 1.02. The van der Waals surface area contributed by atoms with Crippen molar-refractivity contribution in [1.29, 1.82) is 0 Å². The van der Waals surface area contributed by atoms with Gasteiger partial charge in [-0.25, -0.2) is 4.98 Å². The molecule has 9 heavy (non-hydrogen) atoms. The number of aromatic hydroxyl groups is 1. The molecule has 0 bridgehead atoms. The van der Waals surface area contributed by atoms with Crippen LogP contribution in [-0.2, 0) is 0 Å². The molecular weight excluding hydrogens is 140 g/mol. The lowest BCUT2D eigenvalue weighted by atomic mass is 10.4. The van der Waals surface area contributed by atoms with Gasteiger partial charge in [0.1, 0.15) is 5.82 Å². The van der Waals surface area contributed by atoms with Crippen LogP contribution in [0.2, 0.25) is 5.02 Å². The molecule has 0 aliphatic carbocycles. The molecule has 1 heterocycles. The number of pyridine rings is 1. The first-order valence-corrected chi connectivity index (χ1v) is 2.68. The Bertz CT molecular complexity index is 226. The standard InChI is InChI=1S/C5H5ClN2O/c6-3-1-5(7)8-2-4(3)9/h1-2,9H,(H2,7,8). The van der Waals surface area contributed by atoms with E-state index < -0.39 is 0 Å². The molecule has 0 saturated carbocycles. The quantitative estimate of drug-likeness (QED) is 0.572. The zero-order valence-corrected chi connectivity index (χ0v) is 5.26. The summed E-state index contributed by atoms with van der Waals surface area (Å²) in [6.07, 6.45) is 1.21. The second-order valence-electron chi connectivity index (χ2n) is 1.56. The molecule has 0 fully saturated rings.